The highest BCUT2D eigenvalue weighted by atomic mass is 79.9. The Kier molecular flexibility index (Phi) is 2.25. The van der Waals surface area contributed by atoms with Crippen molar-refractivity contribution in [3.8, 4) is 0 Å². The van der Waals surface area contributed by atoms with Crippen LogP contribution in [0.1, 0.15) is 0 Å². The summed E-state index contributed by atoms with van der Waals surface area (Å²) < 4.78 is 0.937. The first-order valence-electron chi connectivity index (χ1n) is 4.04. The van der Waals surface area contributed by atoms with Gasteiger partial charge in [-0.3, -0.25) is 15.0 Å². The fraction of sp³-hybridized carbons (Fsp3) is 0.111. The first kappa shape index (κ1) is 9.21. The van der Waals surface area contributed by atoms with Crippen molar-refractivity contribution in [1.29, 1.82) is 0 Å². The molecule has 3 amide bonds. The lowest BCUT2D eigenvalue weighted by Crippen LogP contribution is -2.27. The Bertz CT molecular complexity index is 388. The normalized spacial score (nSPS) is 15.9. The number of carbonyl (C=O) groups is 2. The third-order valence-electron chi connectivity index (χ3n) is 1.93. The number of nitrogens with zero attached hydrogens (tertiary/aromatic N) is 1. The Balaban J connectivity index is 2.27. The summed E-state index contributed by atoms with van der Waals surface area (Å²) in [7, 11) is 0. The van der Waals surface area contributed by atoms with E-state index in [0.29, 0.717) is 0 Å². The molecule has 0 atom stereocenters. The maximum absolute atomic E-state index is 11.3. The molecule has 1 N–H and O–H groups in total. The molecule has 0 unspecified atom stereocenters. The maximum atomic E-state index is 11.3. The molecule has 4 nitrogen and oxygen atoms in total. The van der Waals surface area contributed by atoms with Crippen LogP contribution in [0.2, 0.25) is 0 Å². The minimum Gasteiger partial charge on any atom is -0.285 e. The zero-order valence-electron chi connectivity index (χ0n) is 7.16. The minimum atomic E-state index is -0.364. The lowest BCUT2D eigenvalue weighted by atomic mass is 10.3. The van der Waals surface area contributed by atoms with Gasteiger partial charge in [-0.1, -0.05) is 15.9 Å². The number of imide groups is 1. The van der Waals surface area contributed by atoms with Gasteiger partial charge in [0.25, 0.3) is 0 Å². The second-order valence-electron chi connectivity index (χ2n) is 2.92. The van der Waals surface area contributed by atoms with Crippen LogP contribution >= 0.6 is 15.9 Å². The SMILES string of the molecule is O=C1CN(c2ccc(Br)cc2)C(=O)N1. The summed E-state index contributed by atoms with van der Waals surface area (Å²) >= 11 is 3.29. The van der Waals surface area contributed by atoms with Crippen LogP contribution in [0.5, 0.6) is 0 Å². The van der Waals surface area contributed by atoms with Crippen LogP contribution in [0, 0.1) is 0 Å². The molecule has 1 saturated heterocycles. The number of halogens is 1. The van der Waals surface area contributed by atoms with E-state index in [4.69, 9.17) is 0 Å². The summed E-state index contributed by atoms with van der Waals surface area (Å²) in [5, 5.41) is 2.22. The van der Waals surface area contributed by atoms with Crippen molar-refractivity contribution < 1.29 is 9.59 Å². The van der Waals surface area contributed by atoms with Crippen LogP contribution in [0.3, 0.4) is 0 Å². The average molecular weight is 255 g/mol. The molecule has 1 aliphatic heterocycles. The van der Waals surface area contributed by atoms with Gasteiger partial charge in [0, 0.05) is 10.2 Å². The number of anilines is 1. The lowest BCUT2D eigenvalue weighted by molar-refractivity contribution is -0.117. The van der Waals surface area contributed by atoms with Crippen molar-refractivity contribution in [3.63, 3.8) is 0 Å². The minimum absolute atomic E-state index is 0.0977. The zero-order chi connectivity index (χ0) is 10.1. The van der Waals surface area contributed by atoms with Gasteiger partial charge in [0.05, 0.1) is 0 Å². The molecule has 72 valence electrons. The summed E-state index contributed by atoms with van der Waals surface area (Å²) in [6.07, 6.45) is 0. The van der Waals surface area contributed by atoms with Crippen LogP contribution in [0.4, 0.5) is 10.5 Å². The molecule has 1 aromatic rings. The molecule has 5 heteroatoms. The predicted octanol–water partition coefficient (Wildman–Crippen LogP) is 1.51. The summed E-state index contributed by atoms with van der Waals surface area (Å²) in [6, 6.07) is 6.85. The van der Waals surface area contributed by atoms with Gasteiger partial charge in [-0.15, -0.1) is 0 Å². The standard InChI is InChI=1S/C9H7BrN2O2/c10-6-1-3-7(4-2-6)12-5-8(13)11-9(12)14/h1-4H,5H2,(H,11,13,14). The van der Waals surface area contributed by atoms with E-state index >= 15 is 0 Å². The van der Waals surface area contributed by atoms with Gasteiger partial charge >= 0.3 is 6.03 Å². The number of amides is 3. The summed E-state index contributed by atoms with van der Waals surface area (Å²) in [5.41, 5.74) is 0.719. The molecule has 1 aromatic carbocycles. The summed E-state index contributed by atoms with van der Waals surface area (Å²) in [6.45, 7) is 0.0977. The van der Waals surface area contributed by atoms with E-state index in [1.165, 1.54) is 4.90 Å². The average Bonchev–Trinajstić information content (AvgIpc) is 2.47. The number of carbonyl (C=O) groups excluding carboxylic acids is 2. The van der Waals surface area contributed by atoms with Gasteiger partial charge in [0.1, 0.15) is 6.54 Å². The molecule has 1 heterocycles. The van der Waals surface area contributed by atoms with Crippen LogP contribution in [-0.2, 0) is 4.79 Å². The molecular formula is C9H7BrN2O2. The molecule has 0 aliphatic carbocycles. The van der Waals surface area contributed by atoms with Crippen molar-refractivity contribution >= 4 is 33.6 Å². The Morgan fingerprint density at radius 1 is 1.21 bits per heavy atom. The lowest BCUT2D eigenvalue weighted by Gasteiger charge is -2.12. The van der Waals surface area contributed by atoms with Gasteiger partial charge in [-0.25, -0.2) is 4.79 Å². The van der Waals surface area contributed by atoms with Crippen molar-refractivity contribution in [2.75, 3.05) is 11.4 Å². The fourth-order valence-electron chi connectivity index (χ4n) is 1.27. The van der Waals surface area contributed by atoms with Crippen LogP contribution in [0.15, 0.2) is 28.7 Å². The molecule has 1 aliphatic rings. The maximum Gasteiger partial charge on any atom is 0.329 e. The first-order chi connectivity index (χ1) is 6.66. The molecule has 14 heavy (non-hydrogen) atoms. The zero-order valence-corrected chi connectivity index (χ0v) is 8.74. The van der Waals surface area contributed by atoms with Crippen molar-refractivity contribution in [1.82, 2.24) is 5.32 Å². The topological polar surface area (TPSA) is 49.4 Å². The molecule has 2 rings (SSSR count). The van der Waals surface area contributed by atoms with Crippen molar-refractivity contribution in [3.05, 3.63) is 28.7 Å². The highest BCUT2D eigenvalue weighted by molar-refractivity contribution is 9.10. The second-order valence-corrected chi connectivity index (χ2v) is 3.83. The molecule has 0 radical (unpaired) electrons. The Morgan fingerprint density at radius 2 is 1.86 bits per heavy atom. The number of benzene rings is 1. The van der Waals surface area contributed by atoms with Crippen molar-refractivity contribution in [2.45, 2.75) is 0 Å². The number of urea groups is 1. The van der Waals surface area contributed by atoms with Crippen LogP contribution in [-0.4, -0.2) is 18.5 Å². The monoisotopic (exact) mass is 254 g/mol. The van der Waals surface area contributed by atoms with Crippen LogP contribution in [0.25, 0.3) is 0 Å². The van der Waals surface area contributed by atoms with Gasteiger partial charge < -0.3 is 0 Å². The number of nitrogens with one attached hydrogen (secondary N) is 1. The molecule has 0 spiro atoms. The smallest absolute Gasteiger partial charge is 0.285 e. The fourth-order valence-corrected chi connectivity index (χ4v) is 1.54. The highest BCUT2D eigenvalue weighted by Crippen LogP contribution is 2.19. The molecule has 1 fully saturated rings. The molecule has 0 saturated carbocycles. The van der Waals surface area contributed by atoms with Gasteiger partial charge in [0.15, 0.2) is 0 Å². The first-order valence-corrected chi connectivity index (χ1v) is 4.83. The van der Waals surface area contributed by atoms with E-state index < -0.39 is 0 Å². The van der Waals surface area contributed by atoms with Crippen molar-refractivity contribution in [2.24, 2.45) is 0 Å². The molecular weight excluding hydrogens is 248 g/mol. The predicted molar refractivity (Wildman–Crippen MR) is 55.0 cm³/mol. The van der Waals surface area contributed by atoms with Gasteiger partial charge in [0.2, 0.25) is 5.91 Å². The van der Waals surface area contributed by atoms with Gasteiger partial charge in [-0.05, 0) is 24.3 Å². The Morgan fingerprint density at radius 3 is 2.36 bits per heavy atom. The summed E-state index contributed by atoms with van der Waals surface area (Å²) in [4.78, 5) is 23.6. The Labute approximate surface area is 89.0 Å². The van der Waals surface area contributed by atoms with E-state index in [0.717, 1.165) is 10.2 Å². The largest absolute Gasteiger partial charge is 0.329 e. The van der Waals surface area contributed by atoms with E-state index in [1.807, 2.05) is 12.1 Å². The number of rotatable bonds is 1. The third kappa shape index (κ3) is 1.63. The summed E-state index contributed by atoms with van der Waals surface area (Å²) in [5.74, 6) is -0.266. The molecule has 0 aromatic heterocycles. The highest BCUT2D eigenvalue weighted by Gasteiger charge is 2.27. The second kappa shape index (κ2) is 3.42. The quantitative estimate of drug-likeness (QED) is 0.773. The third-order valence-corrected chi connectivity index (χ3v) is 2.46. The van der Waals surface area contributed by atoms with E-state index in [9.17, 15) is 9.59 Å². The molecule has 0 bridgehead atoms. The van der Waals surface area contributed by atoms with Gasteiger partial charge in [-0.2, -0.15) is 0 Å². The van der Waals surface area contributed by atoms with E-state index in [-0.39, 0.29) is 18.5 Å². The van der Waals surface area contributed by atoms with E-state index in [1.54, 1.807) is 12.1 Å². The number of hydrogen-bond donors (Lipinski definition) is 1. The van der Waals surface area contributed by atoms with Crippen LogP contribution < -0.4 is 10.2 Å². The van der Waals surface area contributed by atoms with E-state index in [2.05, 4.69) is 21.2 Å². The number of hydrogen-bond acceptors (Lipinski definition) is 2. The Hall–Kier alpha value is -1.36.